The Morgan fingerprint density at radius 2 is 1.77 bits per heavy atom. The van der Waals surface area contributed by atoms with Gasteiger partial charge < -0.3 is 4.42 Å². The van der Waals surface area contributed by atoms with Crippen molar-refractivity contribution >= 4 is 36.9 Å². The quantitative estimate of drug-likeness (QED) is 0.737. The number of benzene rings is 2. The minimum absolute atomic E-state index is 0.221. The highest BCUT2D eigenvalue weighted by Gasteiger charge is 2.20. The molecule has 4 nitrogen and oxygen atoms in total. The van der Waals surface area contributed by atoms with Crippen molar-refractivity contribution in [3.63, 3.8) is 0 Å². The van der Waals surface area contributed by atoms with Gasteiger partial charge in [-0.25, -0.2) is 13.1 Å². The van der Waals surface area contributed by atoms with E-state index in [0.717, 1.165) is 15.4 Å². The molecule has 0 aliphatic carbocycles. The largest absolute Gasteiger partial charge is 0.459 e. The molecular weight excluding hydrogens is 366 g/mol. The van der Waals surface area contributed by atoms with Gasteiger partial charge in [0.25, 0.3) is 0 Å². The molecule has 1 aromatic heterocycles. The molecule has 0 radical (unpaired) electrons. The van der Waals surface area contributed by atoms with Crippen LogP contribution in [0, 0.1) is 0 Å². The fraction of sp³-hybridized carbons (Fsp3) is 0.125. The molecule has 0 unspecified atom stereocenters. The summed E-state index contributed by atoms with van der Waals surface area (Å²) in [5.41, 5.74) is 0.743. The predicted molar refractivity (Wildman–Crippen MR) is 89.1 cm³/mol. The molecule has 0 spiro atoms. The molecule has 0 aliphatic heterocycles. The fourth-order valence-electron chi connectivity index (χ4n) is 2.19. The Balaban J connectivity index is 1.86. The first-order chi connectivity index (χ1) is 10.5. The molecule has 22 heavy (non-hydrogen) atoms. The summed E-state index contributed by atoms with van der Waals surface area (Å²) in [7, 11) is -3.59. The minimum atomic E-state index is -3.59. The number of para-hydroxylation sites is 1. The van der Waals surface area contributed by atoms with Gasteiger partial charge in [-0.05, 0) is 43.3 Å². The van der Waals surface area contributed by atoms with E-state index >= 15 is 0 Å². The van der Waals surface area contributed by atoms with Crippen LogP contribution < -0.4 is 4.72 Å². The van der Waals surface area contributed by atoms with Gasteiger partial charge in [-0.1, -0.05) is 34.1 Å². The van der Waals surface area contributed by atoms with Gasteiger partial charge in [0.2, 0.25) is 10.0 Å². The van der Waals surface area contributed by atoms with Crippen LogP contribution in [0.4, 0.5) is 0 Å². The normalized spacial score (nSPS) is 13.4. The predicted octanol–water partition coefficient (Wildman–Crippen LogP) is 4.23. The maximum Gasteiger partial charge on any atom is 0.241 e. The number of sulfonamides is 1. The molecule has 114 valence electrons. The van der Waals surface area contributed by atoms with Crippen LogP contribution in [-0.4, -0.2) is 8.42 Å². The topological polar surface area (TPSA) is 59.3 Å². The molecular formula is C16H14BrNO3S. The Morgan fingerprint density at radius 1 is 1.09 bits per heavy atom. The van der Waals surface area contributed by atoms with Crippen molar-refractivity contribution in [2.24, 2.45) is 0 Å². The number of hydrogen-bond donors (Lipinski definition) is 1. The lowest BCUT2D eigenvalue weighted by Gasteiger charge is -2.12. The Morgan fingerprint density at radius 3 is 2.45 bits per heavy atom. The lowest BCUT2D eigenvalue weighted by molar-refractivity contribution is 0.484. The molecule has 3 aromatic rings. The van der Waals surface area contributed by atoms with E-state index in [1.165, 1.54) is 0 Å². The van der Waals surface area contributed by atoms with Crippen LogP contribution in [0.2, 0.25) is 0 Å². The van der Waals surface area contributed by atoms with Gasteiger partial charge in [0, 0.05) is 9.86 Å². The maximum atomic E-state index is 12.4. The van der Waals surface area contributed by atoms with Gasteiger partial charge in [0.05, 0.1) is 10.9 Å². The van der Waals surface area contributed by atoms with E-state index in [4.69, 9.17) is 4.42 Å². The summed E-state index contributed by atoms with van der Waals surface area (Å²) >= 11 is 3.29. The van der Waals surface area contributed by atoms with Crippen LogP contribution in [0.3, 0.4) is 0 Å². The van der Waals surface area contributed by atoms with Crippen LogP contribution in [0.1, 0.15) is 18.7 Å². The lowest BCUT2D eigenvalue weighted by atomic mass is 10.2. The molecule has 6 heteroatoms. The first-order valence-corrected chi connectivity index (χ1v) is 9.00. The summed E-state index contributed by atoms with van der Waals surface area (Å²) in [5.74, 6) is 0.585. The van der Waals surface area contributed by atoms with E-state index in [1.54, 1.807) is 31.2 Å². The Bertz CT molecular complexity index is 868. The van der Waals surface area contributed by atoms with Gasteiger partial charge in [-0.3, -0.25) is 0 Å². The number of rotatable bonds is 4. The van der Waals surface area contributed by atoms with Gasteiger partial charge in [0.1, 0.15) is 11.3 Å². The average molecular weight is 380 g/mol. The van der Waals surface area contributed by atoms with Crippen molar-refractivity contribution in [1.29, 1.82) is 0 Å². The summed E-state index contributed by atoms with van der Waals surface area (Å²) in [6.07, 6.45) is 0. The number of hydrogen-bond acceptors (Lipinski definition) is 3. The van der Waals surface area contributed by atoms with E-state index in [2.05, 4.69) is 20.7 Å². The number of fused-ring (bicyclic) bond motifs is 1. The smallest absolute Gasteiger partial charge is 0.241 e. The maximum absolute atomic E-state index is 12.4. The SMILES string of the molecule is C[C@@H](NS(=O)(=O)c1ccc(Br)cc1)c1cc2ccccc2o1. The molecule has 0 bridgehead atoms. The van der Waals surface area contributed by atoms with E-state index in [-0.39, 0.29) is 4.90 Å². The molecule has 0 amide bonds. The number of halogens is 1. The summed E-state index contributed by atoms with van der Waals surface area (Å²) in [5, 5.41) is 0.951. The standard InChI is InChI=1S/C16H14BrNO3S/c1-11(16-10-12-4-2-3-5-15(12)21-16)18-22(19,20)14-8-6-13(17)7-9-14/h2-11,18H,1H3/t11-/m1/s1. The molecule has 1 N–H and O–H groups in total. The monoisotopic (exact) mass is 379 g/mol. The zero-order valence-electron chi connectivity index (χ0n) is 11.8. The van der Waals surface area contributed by atoms with E-state index in [9.17, 15) is 8.42 Å². The molecule has 0 saturated heterocycles. The fourth-order valence-corrected chi connectivity index (χ4v) is 3.66. The van der Waals surface area contributed by atoms with Crippen molar-refractivity contribution in [3.8, 4) is 0 Å². The number of nitrogens with one attached hydrogen (secondary N) is 1. The second-order valence-electron chi connectivity index (χ2n) is 4.98. The van der Waals surface area contributed by atoms with Crippen LogP contribution in [0.15, 0.2) is 68.4 Å². The van der Waals surface area contributed by atoms with Crippen LogP contribution in [0.25, 0.3) is 11.0 Å². The third kappa shape index (κ3) is 3.09. The first kappa shape index (κ1) is 15.3. The van der Waals surface area contributed by atoms with Crippen molar-refractivity contribution in [2.45, 2.75) is 17.9 Å². The van der Waals surface area contributed by atoms with Gasteiger partial charge in [-0.2, -0.15) is 0 Å². The summed E-state index contributed by atoms with van der Waals surface area (Å²) in [6.45, 7) is 1.76. The van der Waals surface area contributed by atoms with Gasteiger partial charge >= 0.3 is 0 Å². The zero-order valence-corrected chi connectivity index (χ0v) is 14.2. The minimum Gasteiger partial charge on any atom is -0.459 e. The van der Waals surface area contributed by atoms with Crippen LogP contribution in [-0.2, 0) is 10.0 Å². The number of furan rings is 1. The van der Waals surface area contributed by atoms with Crippen molar-refractivity contribution in [1.82, 2.24) is 4.72 Å². The Hall–Kier alpha value is -1.63. The highest BCUT2D eigenvalue weighted by Crippen LogP contribution is 2.25. The summed E-state index contributed by atoms with van der Waals surface area (Å²) < 4.78 is 33.9. The molecule has 1 heterocycles. The third-order valence-corrected chi connectivity index (χ3v) is 5.41. The van der Waals surface area contributed by atoms with Crippen molar-refractivity contribution in [2.75, 3.05) is 0 Å². The average Bonchev–Trinajstić information content (AvgIpc) is 2.91. The summed E-state index contributed by atoms with van der Waals surface area (Å²) in [6, 6.07) is 15.5. The van der Waals surface area contributed by atoms with E-state index in [1.807, 2.05) is 30.3 Å². The highest BCUT2D eigenvalue weighted by molar-refractivity contribution is 9.10. The van der Waals surface area contributed by atoms with E-state index in [0.29, 0.717) is 5.76 Å². The molecule has 0 aliphatic rings. The molecule has 2 aromatic carbocycles. The Labute approximate surface area is 137 Å². The second kappa shape index (κ2) is 5.87. The van der Waals surface area contributed by atoms with Gasteiger partial charge in [-0.15, -0.1) is 0 Å². The zero-order chi connectivity index (χ0) is 15.7. The first-order valence-electron chi connectivity index (χ1n) is 6.72. The highest BCUT2D eigenvalue weighted by atomic mass is 79.9. The molecule has 0 fully saturated rings. The van der Waals surface area contributed by atoms with Gasteiger partial charge in [0.15, 0.2) is 0 Å². The third-order valence-electron chi connectivity index (χ3n) is 3.33. The molecule has 3 rings (SSSR count). The molecule has 1 atom stereocenters. The van der Waals surface area contributed by atoms with Crippen LogP contribution in [0.5, 0.6) is 0 Å². The second-order valence-corrected chi connectivity index (χ2v) is 7.61. The van der Waals surface area contributed by atoms with Crippen molar-refractivity contribution in [3.05, 3.63) is 64.8 Å². The van der Waals surface area contributed by atoms with Crippen LogP contribution >= 0.6 is 15.9 Å². The summed E-state index contributed by atoms with van der Waals surface area (Å²) in [4.78, 5) is 0.221. The Kier molecular flexibility index (Phi) is 4.08. The van der Waals surface area contributed by atoms with Crippen molar-refractivity contribution < 1.29 is 12.8 Å². The molecule has 0 saturated carbocycles. The van der Waals surface area contributed by atoms with E-state index < -0.39 is 16.1 Å². The lowest BCUT2D eigenvalue weighted by Crippen LogP contribution is -2.26.